The van der Waals surface area contributed by atoms with Crippen molar-refractivity contribution in [3.8, 4) is 5.75 Å². The standard InChI is InChI=1S/C22H26N2O3/c1-6-14-27-23-17(2)19-11-9-12-21(15-19)26-16-20-10-7-8-13-22(20)24(4)18(3)25-5/h6-13,15H,1,3,14,16H2,2,4-5H3. The summed E-state index contributed by atoms with van der Waals surface area (Å²) in [5.41, 5.74) is 3.73. The fraction of sp³-hybridized carbons (Fsp3) is 0.227. The molecule has 0 aromatic heterocycles. The van der Waals surface area contributed by atoms with Gasteiger partial charge in [-0.15, -0.1) is 0 Å². The first-order chi connectivity index (χ1) is 13.1. The van der Waals surface area contributed by atoms with E-state index < -0.39 is 0 Å². The Morgan fingerprint density at radius 1 is 1.19 bits per heavy atom. The molecule has 0 N–H and O–H groups in total. The van der Waals surface area contributed by atoms with Crippen LogP contribution in [-0.2, 0) is 16.2 Å². The van der Waals surface area contributed by atoms with Crippen molar-refractivity contribution in [2.24, 2.45) is 5.16 Å². The van der Waals surface area contributed by atoms with E-state index in [1.807, 2.05) is 67.4 Å². The Hall–Kier alpha value is -3.21. The van der Waals surface area contributed by atoms with Crippen molar-refractivity contribution in [1.29, 1.82) is 0 Å². The summed E-state index contributed by atoms with van der Waals surface area (Å²) in [4.78, 5) is 7.04. The molecule has 0 spiro atoms. The van der Waals surface area contributed by atoms with Gasteiger partial charge in [-0.25, -0.2) is 0 Å². The molecular weight excluding hydrogens is 340 g/mol. The summed E-state index contributed by atoms with van der Waals surface area (Å²) in [6, 6.07) is 15.7. The highest BCUT2D eigenvalue weighted by Gasteiger charge is 2.11. The third kappa shape index (κ3) is 5.64. The number of hydrogen-bond donors (Lipinski definition) is 0. The molecule has 0 radical (unpaired) electrons. The average Bonchev–Trinajstić information content (AvgIpc) is 2.71. The highest BCUT2D eigenvalue weighted by molar-refractivity contribution is 5.98. The SMILES string of the molecule is C=CCON=C(C)c1cccc(OCc2ccccc2N(C)C(=C)OC)c1. The van der Waals surface area contributed by atoms with Gasteiger partial charge in [-0.3, -0.25) is 0 Å². The molecule has 0 aliphatic rings. The molecule has 5 nitrogen and oxygen atoms in total. The van der Waals surface area contributed by atoms with Gasteiger partial charge in [0, 0.05) is 18.2 Å². The van der Waals surface area contributed by atoms with E-state index in [0.29, 0.717) is 19.1 Å². The molecule has 0 aliphatic heterocycles. The largest absolute Gasteiger partial charge is 0.489 e. The Morgan fingerprint density at radius 2 is 1.96 bits per heavy atom. The minimum atomic E-state index is 0.380. The maximum Gasteiger partial charge on any atom is 0.185 e. The summed E-state index contributed by atoms with van der Waals surface area (Å²) >= 11 is 0. The zero-order chi connectivity index (χ0) is 19.6. The average molecular weight is 366 g/mol. The van der Waals surface area contributed by atoms with Crippen LogP contribution >= 0.6 is 0 Å². The molecule has 0 atom stereocenters. The summed E-state index contributed by atoms with van der Waals surface area (Å²) in [7, 11) is 3.51. The molecule has 0 saturated heterocycles. The van der Waals surface area contributed by atoms with Crippen LogP contribution in [0.3, 0.4) is 0 Å². The summed E-state index contributed by atoms with van der Waals surface area (Å²) in [6.45, 7) is 10.2. The summed E-state index contributed by atoms with van der Waals surface area (Å²) < 4.78 is 11.2. The van der Waals surface area contributed by atoms with E-state index in [-0.39, 0.29) is 0 Å². The summed E-state index contributed by atoms with van der Waals surface area (Å²) in [5.74, 6) is 1.32. The molecule has 142 valence electrons. The summed E-state index contributed by atoms with van der Waals surface area (Å²) in [6.07, 6.45) is 1.66. The molecule has 0 saturated carbocycles. The Labute approximate surface area is 161 Å². The van der Waals surface area contributed by atoms with Crippen molar-refractivity contribution >= 4 is 11.4 Å². The van der Waals surface area contributed by atoms with E-state index in [1.54, 1.807) is 13.2 Å². The van der Waals surface area contributed by atoms with E-state index in [0.717, 1.165) is 28.3 Å². The highest BCUT2D eigenvalue weighted by atomic mass is 16.6. The lowest BCUT2D eigenvalue weighted by Gasteiger charge is -2.23. The van der Waals surface area contributed by atoms with Crippen LogP contribution in [0.4, 0.5) is 5.69 Å². The Kier molecular flexibility index (Phi) is 7.49. The third-order valence-corrected chi connectivity index (χ3v) is 4.00. The van der Waals surface area contributed by atoms with Gasteiger partial charge in [-0.05, 0) is 31.7 Å². The predicted octanol–water partition coefficient (Wildman–Crippen LogP) is 4.75. The van der Waals surface area contributed by atoms with Crippen molar-refractivity contribution < 1.29 is 14.3 Å². The number of benzene rings is 2. The van der Waals surface area contributed by atoms with Crippen molar-refractivity contribution in [2.45, 2.75) is 13.5 Å². The van der Waals surface area contributed by atoms with Gasteiger partial charge >= 0.3 is 0 Å². The second-order valence-electron chi connectivity index (χ2n) is 5.86. The molecule has 2 aromatic carbocycles. The zero-order valence-corrected chi connectivity index (χ0v) is 16.1. The van der Waals surface area contributed by atoms with Gasteiger partial charge in [0.25, 0.3) is 0 Å². The number of hydrogen-bond acceptors (Lipinski definition) is 5. The number of rotatable bonds is 10. The van der Waals surface area contributed by atoms with Crippen LogP contribution in [-0.4, -0.2) is 26.5 Å². The van der Waals surface area contributed by atoms with Gasteiger partial charge < -0.3 is 19.2 Å². The van der Waals surface area contributed by atoms with E-state index in [2.05, 4.69) is 18.3 Å². The van der Waals surface area contributed by atoms with Gasteiger partial charge in [0.05, 0.1) is 18.5 Å². The number of nitrogens with zero attached hydrogens (tertiary/aromatic N) is 2. The molecule has 0 heterocycles. The van der Waals surface area contributed by atoms with Crippen LogP contribution in [0.15, 0.2) is 78.8 Å². The fourth-order valence-corrected chi connectivity index (χ4v) is 2.44. The monoisotopic (exact) mass is 366 g/mol. The molecule has 0 amide bonds. The van der Waals surface area contributed by atoms with Crippen LogP contribution in [0.5, 0.6) is 5.75 Å². The van der Waals surface area contributed by atoms with Crippen LogP contribution in [0.2, 0.25) is 0 Å². The molecule has 0 bridgehead atoms. The lowest BCUT2D eigenvalue weighted by Crippen LogP contribution is -2.18. The van der Waals surface area contributed by atoms with E-state index >= 15 is 0 Å². The van der Waals surface area contributed by atoms with Crippen LogP contribution in [0.25, 0.3) is 0 Å². The highest BCUT2D eigenvalue weighted by Crippen LogP contribution is 2.24. The van der Waals surface area contributed by atoms with Gasteiger partial charge in [0.1, 0.15) is 19.0 Å². The van der Waals surface area contributed by atoms with Gasteiger partial charge in [-0.1, -0.05) is 48.1 Å². The first-order valence-electron chi connectivity index (χ1n) is 8.62. The molecule has 27 heavy (non-hydrogen) atoms. The van der Waals surface area contributed by atoms with E-state index in [1.165, 1.54) is 0 Å². The second kappa shape index (κ2) is 10.1. The predicted molar refractivity (Wildman–Crippen MR) is 110 cm³/mol. The van der Waals surface area contributed by atoms with Crippen molar-refractivity contribution in [2.75, 3.05) is 25.7 Å². The Balaban J connectivity index is 2.12. The Bertz CT molecular complexity index is 815. The lowest BCUT2D eigenvalue weighted by molar-refractivity contribution is 0.175. The zero-order valence-electron chi connectivity index (χ0n) is 16.1. The molecule has 0 aliphatic carbocycles. The van der Waals surface area contributed by atoms with Crippen LogP contribution in [0, 0.1) is 0 Å². The van der Waals surface area contributed by atoms with Crippen molar-refractivity contribution in [3.63, 3.8) is 0 Å². The third-order valence-electron chi connectivity index (χ3n) is 4.00. The van der Waals surface area contributed by atoms with Gasteiger partial charge in [0.2, 0.25) is 0 Å². The van der Waals surface area contributed by atoms with E-state index in [4.69, 9.17) is 14.3 Å². The first-order valence-corrected chi connectivity index (χ1v) is 8.62. The fourth-order valence-electron chi connectivity index (χ4n) is 2.44. The molecule has 0 unspecified atom stereocenters. The maximum absolute atomic E-state index is 6.00. The first kappa shape index (κ1) is 20.1. The number of ether oxygens (including phenoxy) is 2. The molecular formula is C22H26N2O3. The number of para-hydroxylation sites is 1. The van der Waals surface area contributed by atoms with E-state index in [9.17, 15) is 0 Å². The van der Waals surface area contributed by atoms with Crippen molar-refractivity contribution in [3.05, 3.63) is 84.8 Å². The van der Waals surface area contributed by atoms with Gasteiger partial charge in [0.15, 0.2) is 5.88 Å². The molecule has 5 heteroatoms. The molecule has 2 rings (SSSR count). The lowest BCUT2D eigenvalue weighted by atomic mass is 10.1. The van der Waals surface area contributed by atoms with Crippen LogP contribution < -0.4 is 9.64 Å². The molecule has 0 fully saturated rings. The minimum absolute atomic E-state index is 0.380. The Morgan fingerprint density at radius 3 is 2.70 bits per heavy atom. The smallest absolute Gasteiger partial charge is 0.185 e. The minimum Gasteiger partial charge on any atom is -0.489 e. The van der Waals surface area contributed by atoms with Crippen molar-refractivity contribution in [1.82, 2.24) is 0 Å². The van der Waals surface area contributed by atoms with Crippen LogP contribution in [0.1, 0.15) is 18.1 Å². The number of oxime groups is 1. The quantitative estimate of drug-likeness (QED) is 0.200. The number of anilines is 1. The maximum atomic E-state index is 6.00. The number of methoxy groups -OCH3 is 1. The topological polar surface area (TPSA) is 43.3 Å². The normalized spacial score (nSPS) is 10.9. The molecule has 2 aromatic rings. The second-order valence-corrected chi connectivity index (χ2v) is 5.86. The summed E-state index contributed by atoms with van der Waals surface area (Å²) in [5, 5.41) is 4.07. The van der Waals surface area contributed by atoms with Gasteiger partial charge in [-0.2, -0.15) is 0 Å².